The number of rotatable bonds is 3. The molecule has 4 heteroatoms. The maximum atomic E-state index is 13.6. The van der Waals surface area contributed by atoms with Crippen molar-refractivity contribution >= 4 is 5.69 Å². The van der Waals surface area contributed by atoms with Crippen LogP contribution in [-0.4, -0.2) is 18.3 Å². The highest BCUT2D eigenvalue weighted by molar-refractivity contribution is 5.46. The molecular formula is C14H20FNO2. The highest BCUT2D eigenvalue weighted by Crippen LogP contribution is 2.24. The Hall–Kier alpha value is -1.13. The van der Waals surface area contributed by atoms with Gasteiger partial charge in [-0.1, -0.05) is 6.07 Å². The summed E-state index contributed by atoms with van der Waals surface area (Å²) in [6.07, 6.45) is 2.19. The number of benzene rings is 1. The van der Waals surface area contributed by atoms with Crippen LogP contribution in [0.5, 0.6) is 0 Å². The first kappa shape index (κ1) is 13.3. The molecule has 0 spiro atoms. The molecule has 2 rings (SSSR count). The minimum atomic E-state index is -0.303. The number of halogens is 1. The zero-order valence-corrected chi connectivity index (χ0v) is 10.9. The van der Waals surface area contributed by atoms with E-state index in [4.69, 9.17) is 15.2 Å². The third-order valence-electron chi connectivity index (χ3n) is 3.27. The van der Waals surface area contributed by atoms with E-state index < -0.39 is 0 Å². The highest BCUT2D eigenvalue weighted by Gasteiger charge is 2.25. The lowest BCUT2D eigenvalue weighted by molar-refractivity contribution is -0.106. The van der Waals surface area contributed by atoms with E-state index in [9.17, 15) is 4.39 Å². The minimum absolute atomic E-state index is 0.114. The van der Waals surface area contributed by atoms with E-state index in [0.29, 0.717) is 11.3 Å². The van der Waals surface area contributed by atoms with Gasteiger partial charge in [-0.25, -0.2) is 4.39 Å². The van der Waals surface area contributed by atoms with E-state index >= 15 is 0 Å². The number of ether oxygens (including phenoxy) is 2. The molecule has 1 fully saturated rings. The molecular weight excluding hydrogens is 233 g/mol. The number of hydrogen-bond donors (Lipinski definition) is 1. The summed E-state index contributed by atoms with van der Waals surface area (Å²) < 4.78 is 25.0. The van der Waals surface area contributed by atoms with Crippen molar-refractivity contribution < 1.29 is 13.9 Å². The largest absolute Gasteiger partial charge is 0.398 e. The zero-order valence-electron chi connectivity index (χ0n) is 10.9. The smallest absolute Gasteiger partial charge is 0.130 e. The average molecular weight is 253 g/mol. The van der Waals surface area contributed by atoms with Gasteiger partial charge in [0.25, 0.3) is 0 Å². The second-order valence-electron chi connectivity index (χ2n) is 4.97. The molecule has 100 valence electrons. The van der Waals surface area contributed by atoms with Crippen molar-refractivity contribution in [1.29, 1.82) is 0 Å². The summed E-state index contributed by atoms with van der Waals surface area (Å²) in [6, 6.07) is 4.70. The van der Waals surface area contributed by atoms with Crippen LogP contribution < -0.4 is 5.73 Å². The Morgan fingerprint density at radius 3 is 2.61 bits per heavy atom. The van der Waals surface area contributed by atoms with Gasteiger partial charge in [0.2, 0.25) is 0 Å². The van der Waals surface area contributed by atoms with Crippen LogP contribution in [0.15, 0.2) is 18.2 Å². The molecule has 0 bridgehead atoms. The van der Waals surface area contributed by atoms with Gasteiger partial charge in [0.15, 0.2) is 0 Å². The molecule has 0 saturated carbocycles. The van der Waals surface area contributed by atoms with Crippen molar-refractivity contribution in [1.82, 2.24) is 0 Å². The van der Waals surface area contributed by atoms with Gasteiger partial charge in [-0.15, -0.1) is 0 Å². The lowest BCUT2D eigenvalue weighted by atomic mass is 10.0. The van der Waals surface area contributed by atoms with E-state index in [2.05, 4.69) is 0 Å². The second kappa shape index (κ2) is 5.67. The van der Waals surface area contributed by atoms with Gasteiger partial charge in [-0.05, 0) is 38.8 Å². The Morgan fingerprint density at radius 2 is 2.00 bits per heavy atom. The van der Waals surface area contributed by atoms with Crippen LogP contribution in [0.4, 0.5) is 10.1 Å². The van der Waals surface area contributed by atoms with E-state index in [1.807, 2.05) is 13.8 Å². The normalized spacial score (nSPS) is 28.3. The third-order valence-corrected chi connectivity index (χ3v) is 3.27. The molecule has 0 aromatic heterocycles. The predicted molar refractivity (Wildman–Crippen MR) is 68.6 cm³/mol. The summed E-state index contributed by atoms with van der Waals surface area (Å²) in [4.78, 5) is 0. The first-order chi connectivity index (χ1) is 8.56. The molecule has 1 saturated heterocycles. The predicted octanol–water partition coefficient (Wildman–Crippen LogP) is 2.88. The highest BCUT2D eigenvalue weighted by atomic mass is 19.1. The SMILES string of the molecule is CC1CC(OCc2c(N)cccc2F)CC(C)O1. The average Bonchev–Trinajstić information content (AvgIpc) is 2.27. The van der Waals surface area contributed by atoms with E-state index in [1.165, 1.54) is 6.07 Å². The van der Waals surface area contributed by atoms with Crippen LogP contribution in [0.25, 0.3) is 0 Å². The third kappa shape index (κ3) is 3.21. The molecule has 1 aromatic carbocycles. The maximum Gasteiger partial charge on any atom is 0.130 e. The van der Waals surface area contributed by atoms with E-state index in [-0.39, 0.29) is 30.7 Å². The summed E-state index contributed by atoms with van der Waals surface area (Å²) >= 11 is 0. The number of hydrogen-bond acceptors (Lipinski definition) is 3. The second-order valence-corrected chi connectivity index (χ2v) is 4.97. The van der Waals surface area contributed by atoms with Gasteiger partial charge in [0, 0.05) is 11.3 Å². The fourth-order valence-corrected chi connectivity index (χ4v) is 2.41. The maximum absolute atomic E-state index is 13.6. The number of anilines is 1. The molecule has 1 aliphatic heterocycles. The van der Waals surface area contributed by atoms with Gasteiger partial charge < -0.3 is 15.2 Å². The van der Waals surface area contributed by atoms with Gasteiger partial charge in [0.1, 0.15) is 5.82 Å². The summed E-state index contributed by atoms with van der Waals surface area (Å²) in [5.41, 5.74) is 6.64. The Kier molecular flexibility index (Phi) is 4.19. The first-order valence-electron chi connectivity index (χ1n) is 6.36. The van der Waals surface area contributed by atoms with Gasteiger partial charge in [0.05, 0.1) is 24.9 Å². The monoisotopic (exact) mass is 253 g/mol. The Balaban J connectivity index is 1.95. The summed E-state index contributed by atoms with van der Waals surface area (Å²) in [5.74, 6) is -0.303. The molecule has 1 aromatic rings. The summed E-state index contributed by atoms with van der Waals surface area (Å²) in [6.45, 7) is 4.29. The van der Waals surface area contributed by atoms with Crippen LogP contribution in [0.2, 0.25) is 0 Å². The fraction of sp³-hybridized carbons (Fsp3) is 0.571. The van der Waals surface area contributed by atoms with Gasteiger partial charge in [-0.3, -0.25) is 0 Å². The van der Waals surface area contributed by atoms with E-state index in [0.717, 1.165) is 12.8 Å². The minimum Gasteiger partial charge on any atom is -0.398 e. The molecule has 1 heterocycles. The zero-order chi connectivity index (χ0) is 13.1. The quantitative estimate of drug-likeness (QED) is 0.842. The van der Waals surface area contributed by atoms with Crippen molar-refractivity contribution in [2.75, 3.05) is 5.73 Å². The standard InChI is InChI=1S/C14H20FNO2/c1-9-6-11(7-10(2)18-9)17-8-12-13(15)4-3-5-14(12)16/h3-5,9-11H,6-8,16H2,1-2H3. The molecule has 1 aliphatic rings. The lowest BCUT2D eigenvalue weighted by Crippen LogP contribution is -2.34. The molecule has 2 atom stereocenters. The van der Waals surface area contributed by atoms with Gasteiger partial charge >= 0.3 is 0 Å². The van der Waals surface area contributed by atoms with Gasteiger partial charge in [-0.2, -0.15) is 0 Å². The van der Waals surface area contributed by atoms with Crippen molar-refractivity contribution in [2.24, 2.45) is 0 Å². The molecule has 0 radical (unpaired) electrons. The van der Waals surface area contributed by atoms with Crippen LogP contribution >= 0.6 is 0 Å². The fourth-order valence-electron chi connectivity index (χ4n) is 2.41. The van der Waals surface area contributed by atoms with Crippen LogP contribution in [0.1, 0.15) is 32.3 Å². The topological polar surface area (TPSA) is 44.5 Å². The Bertz CT molecular complexity index is 381. The molecule has 0 amide bonds. The summed E-state index contributed by atoms with van der Waals surface area (Å²) in [7, 11) is 0. The molecule has 18 heavy (non-hydrogen) atoms. The van der Waals surface area contributed by atoms with Crippen molar-refractivity contribution in [3.63, 3.8) is 0 Å². The number of nitrogens with two attached hydrogens (primary N) is 1. The molecule has 2 unspecified atom stereocenters. The van der Waals surface area contributed by atoms with Crippen LogP contribution in [-0.2, 0) is 16.1 Å². The molecule has 2 N–H and O–H groups in total. The van der Waals surface area contributed by atoms with E-state index in [1.54, 1.807) is 12.1 Å². The molecule has 3 nitrogen and oxygen atoms in total. The molecule has 0 aliphatic carbocycles. The first-order valence-corrected chi connectivity index (χ1v) is 6.36. The van der Waals surface area contributed by atoms with Crippen LogP contribution in [0.3, 0.4) is 0 Å². The van der Waals surface area contributed by atoms with Crippen molar-refractivity contribution in [2.45, 2.75) is 51.6 Å². The summed E-state index contributed by atoms with van der Waals surface area (Å²) in [5, 5.41) is 0. The Morgan fingerprint density at radius 1 is 1.33 bits per heavy atom. The lowest BCUT2D eigenvalue weighted by Gasteiger charge is -2.32. The van der Waals surface area contributed by atoms with Crippen molar-refractivity contribution in [3.8, 4) is 0 Å². The van der Waals surface area contributed by atoms with Crippen molar-refractivity contribution in [3.05, 3.63) is 29.6 Å². The van der Waals surface area contributed by atoms with Crippen LogP contribution in [0, 0.1) is 5.82 Å². The Labute approximate surface area is 107 Å². The number of nitrogen functional groups attached to an aromatic ring is 1.